The number of nitrogens with one attached hydrogen (secondary N) is 2. The van der Waals surface area contributed by atoms with E-state index < -0.39 is 0 Å². The van der Waals surface area contributed by atoms with E-state index in [0.29, 0.717) is 24.6 Å². The Hall–Kier alpha value is -2.64. The summed E-state index contributed by atoms with van der Waals surface area (Å²) in [6.07, 6.45) is 0. The summed E-state index contributed by atoms with van der Waals surface area (Å²) < 4.78 is 24.1. The Labute approximate surface area is 164 Å². The van der Waals surface area contributed by atoms with Gasteiger partial charge in [0, 0.05) is 32.2 Å². The van der Waals surface area contributed by atoms with E-state index in [1.807, 2.05) is 24.3 Å². The van der Waals surface area contributed by atoms with Gasteiger partial charge in [-0.15, -0.1) is 0 Å². The lowest BCUT2D eigenvalue weighted by atomic mass is 10.0. The molecule has 2 aromatic carbocycles. The molecule has 0 spiro atoms. The minimum atomic E-state index is -0.263. The van der Waals surface area contributed by atoms with Gasteiger partial charge in [0.1, 0.15) is 5.82 Å². The molecule has 1 aliphatic rings. The van der Waals surface area contributed by atoms with Crippen LogP contribution in [-0.2, 0) is 11.3 Å². The summed E-state index contributed by atoms with van der Waals surface area (Å²) >= 11 is 0. The molecule has 28 heavy (non-hydrogen) atoms. The van der Waals surface area contributed by atoms with Gasteiger partial charge in [-0.1, -0.05) is 18.2 Å². The van der Waals surface area contributed by atoms with E-state index in [0.717, 1.165) is 24.2 Å². The molecule has 2 aromatic rings. The van der Waals surface area contributed by atoms with Crippen LogP contribution in [0.4, 0.5) is 4.39 Å². The number of nitrogens with zero attached hydrogens (tertiary/aromatic N) is 1. The predicted octanol–water partition coefficient (Wildman–Crippen LogP) is 2.11. The molecular formula is C21H26FN3O3. The number of hydrogen-bond donors (Lipinski definition) is 2. The van der Waals surface area contributed by atoms with Crippen molar-refractivity contribution in [1.82, 2.24) is 15.5 Å². The lowest BCUT2D eigenvalue weighted by Gasteiger charge is -2.36. The number of piperazine rings is 1. The second-order valence-corrected chi connectivity index (χ2v) is 6.71. The Bertz CT molecular complexity index is 815. The van der Waals surface area contributed by atoms with Crippen LogP contribution in [0.25, 0.3) is 0 Å². The molecule has 1 unspecified atom stereocenters. The maximum atomic E-state index is 13.6. The molecule has 0 aliphatic carbocycles. The fourth-order valence-corrected chi connectivity index (χ4v) is 3.41. The summed E-state index contributed by atoms with van der Waals surface area (Å²) in [5.41, 5.74) is 1.80. The maximum absolute atomic E-state index is 13.6. The molecule has 0 bridgehead atoms. The van der Waals surface area contributed by atoms with Gasteiger partial charge >= 0.3 is 0 Å². The molecule has 1 fully saturated rings. The van der Waals surface area contributed by atoms with E-state index in [1.165, 1.54) is 12.1 Å². The van der Waals surface area contributed by atoms with Crippen molar-refractivity contribution in [3.8, 4) is 11.5 Å². The molecule has 0 aromatic heterocycles. The zero-order valence-corrected chi connectivity index (χ0v) is 16.2. The quantitative estimate of drug-likeness (QED) is 0.762. The van der Waals surface area contributed by atoms with Crippen molar-refractivity contribution in [3.63, 3.8) is 0 Å². The highest BCUT2D eigenvalue weighted by Gasteiger charge is 2.25. The van der Waals surface area contributed by atoms with E-state index in [1.54, 1.807) is 20.3 Å². The summed E-state index contributed by atoms with van der Waals surface area (Å²) in [6, 6.07) is 12.1. The van der Waals surface area contributed by atoms with Crippen molar-refractivity contribution in [2.24, 2.45) is 0 Å². The van der Waals surface area contributed by atoms with Gasteiger partial charge in [-0.3, -0.25) is 9.69 Å². The molecule has 1 atom stereocenters. The number of carbonyl (C=O) groups is 1. The highest BCUT2D eigenvalue weighted by molar-refractivity contribution is 5.78. The zero-order chi connectivity index (χ0) is 19.9. The van der Waals surface area contributed by atoms with Crippen molar-refractivity contribution in [2.75, 3.05) is 40.4 Å². The van der Waals surface area contributed by atoms with E-state index in [9.17, 15) is 9.18 Å². The SMILES string of the molecule is COc1ccc(CNC(=O)CN2CCNCC2c2cccc(F)c2)cc1OC. The van der Waals surface area contributed by atoms with Crippen LogP contribution in [-0.4, -0.2) is 51.2 Å². The molecule has 7 heteroatoms. The Balaban J connectivity index is 1.60. The molecule has 1 heterocycles. The van der Waals surface area contributed by atoms with Gasteiger partial charge in [0.15, 0.2) is 11.5 Å². The molecule has 6 nitrogen and oxygen atoms in total. The lowest BCUT2D eigenvalue weighted by molar-refractivity contribution is -0.123. The zero-order valence-electron chi connectivity index (χ0n) is 16.2. The highest BCUT2D eigenvalue weighted by atomic mass is 19.1. The number of amides is 1. The number of hydrogen-bond acceptors (Lipinski definition) is 5. The molecule has 0 radical (unpaired) electrons. The lowest BCUT2D eigenvalue weighted by Crippen LogP contribution is -2.49. The third-order valence-corrected chi connectivity index (χ3v) is 4.87. The van der Waals surface area contributed by atoms with Gasteiger partial charge in [-0.25, -0.2) is 4.39 Å². The first-order valence-electron chi connectivity index (χ1n) is 9.28. The highest BCUT2D eigenvalue weighted by Crippen LogP contribution is 2.27. The molecule has 1 amide bonds. The van der Waals surface area contributed by atoms with Crippen LogP contribution < -0.4 is 20.1 Å². The van der Waals surface area contributed by atoms with E-state index in [4.69, 9.17) is 9.47 Å². The summed E-state index contributed by atoms with van der Waals surface area (Å²) in [7, 11) is 3.17. The number of rotatable bonds is 7. The summed E-state index contributed by atoms with van der Waals surface area (Å²) in [5, 5.41) is 6.26. The van der Waals surface area contributed by atoms with Crippen LogP contribution in [0.2, 0.25) is 0 Å². The Morgan fingerprint density at radius 3 is 2.79 bits per heavy atom. The third kappa shape index (κ3) is 4.99. The van der Waals surface area contributed by atoms with Crippen LogP contribution in [0, 0.1) is 5.82 Å². The normalized spacial score (nSPS) is 17.2. The van der Waals surface area contributed by atoms with Crippen LogP contribution in [0.15, 0.2) is 42.5 Å². The van der Waals surface area contributed by atoms with Gasteiger partial charge in [0.25, 0.3) is 0 Å². The maximum Gasteiger partial charge on any atom is 0.234 e. The van der Waals surface area contributed by atoms with Gasteiger partial charge in [-0.05, 0) is 35.4 Å². The number of halogens is 1. The average molecular weight is 387 g/mol. The Morgan fingerprint density at radius 2 is 2.04 bits per heavy atom. The second-order valence-electron chi connectivity index (χ2n) is 6.71. The number of carbonyl (C=O) groups excluding carboxylic acids is 1. The summed E-state index contributed by atoms with van der Waals surface area (Å²) in [5.74, 6) is 0.942. The monoisotopic (exact) mass is 387 g/mol. The third-order valence-electron chi connectivity index (χ3n) is 4.87. The fraction of sp³-hybridized carbons (Fsp3) is 0.381. The van der Waals surface area contributed by atoms with Crippen molar-refractivity contribution in [3.05, 3.63) is 59.4 Å². The minimum Gasteiger partial charge on any atom is -0.493 e. The van der Waals surface area contributed by atoms with Crippen molar-refractivity contribution in [2.45, 2.75) is 12.6 Å². The van der Waals surface area contributed by atoms with Crippen LogP contribution in [0.3, 0.4) is 0 Å². The first kappa shape index (κ1) is 20.1. The molecule has 3 rings (SSSR count). The van der Waals surface area contributed by atoms with Crippen LogP contribution >= 0.6 is 0 Å². The fourth-order valence-electron chi connectivity index (χ4n) is 3.41. The number of ether oxygens (including phenoxy) is 2. The van der Waals surface area contributed by atoms with E-state index in [-0.39, 0.29) is 24.3 Å². The summed E-state index contributed by atoms with van der Waals surface area (Å²) in [6.45, 7) is 2.87. The van der Waals surface area contributed by atoms with Crippen molar-refractivity contribution in [1.29, 1.82) is 0 Å². The van der Waals surface area contributed by atoms with Gasteiger partial charge in [-0.2, -0.15) is 0 Å². The van der Waals surface area contributed by atoms with Gasteiger partial charge in [0.2, 0.25) is 5.91 Å². The molecule has 0 saturated carbocycles. The molecule has 2 N–H and O–H groups in total. The van der Waals surface area contributed by atoms with E-state index in [2.05, 4.69) is 15.5 Å². The predicted molar refractivity (Wildman–Crippen MR) is 105 cm³/mol. The average Bonchev–Trinajstić information content (AvgIpc) is 2.72. The molecular weight excluding hydrogens is 361 g/mol. The summed E-state index contributed by atoms with van der Waals surface area (Å²) in [4.78, 5) is 14.6. The van der Waals surface area contributed by atoms with Crippen molar-refractivity contribution >= 4 is 5.91 Å². The largest absolute Gasteiger partial charge is 0.493 e. The molecule has 150 valence electrons. The molecule has 1 aliphatic heterocycles. The second kappa shape index (κ2) is 9.52. The number of benzene rings is 2. The molecule has 1 saturated heterocycles. The topological polar surface area (TPSA) is 62.8 Å². The first-order chi connectivity index (χ1) is 13.6. The smallest absolute Gasteiger partial charge is 0.234 e. The standard InChI is InChI=1S/C21H26FN3O3/c1-27-19-7-6-15(10-20(19)28-2)12-24-21(26)14-25-9-8-23-13-18(25)16-4-3-5-17(22)11-16/h3-7,10-11,18,23H,8-9,12-14H2,1-2H3,(H,24,26). The van der Waals surface area contributed by atoms with Crippen molar-refractivity contribution < 1.29 is 18.7 Å². The Kier molecular flexibility index (Phi) is 6.84. The van der Waals surface area contributed by atoms with Crippen LogP contribution in [0.5, 0.6) is 11.5 Å². The van der Waals surface area contributed by atoms with Crippen LogP contribution in [0.1, 0.15) is 17.2 Å². The minimum absolute atomic E-state index is 0.0312. The Morgan fingerprint density at radius 1 is 1.21 bits per heavy atom. The number of methoxy groups -OCH3 is 2. The van der Waals surface area contributed by atoms with Gasteiger partial charge in [0.05, 0.1) is 20.8 Å². The van der Waals surface area contributed by atoms with E-state index >= 15 is 0 Å². The van der Waals surface area contributed by atoms with Gasteiger partial charge < -0.3 is 20.1 Å². The first-order valence-corrected chi connectivity index (χ1v) is 9.28.